The van der Waals surface area contributed by atoms with Gasteiger partial charge in [-0.05, 0) is 41.0 Å². The zero-order valence-corrected chi connectivity index (χ0v) is 12.5. The molecule has 0 saturated heterocycles. The number of benzene rings is 2. The molecule has 1 aliphatic rings. The Morgan fingerprint density at radius 1 is 1.21 bits per heavy atom. The Morgan fingerprint density at radius 3 is 2.46 bits per heavy atom. The lowest BCUT2D eigenvalue weighted by Crippen LogP contribution is -2.31. The molecule has 0 spiro atoms. The molecule has 24 heavy (non-hydrogen) atoms. The van der Waals surface area contributed by atoms with Crippen molar-refractivity contribution in [2.75, 3.05) is 0 Å². The van der Waals surface area contributed by atoms with Crippen molar-refractivity contribution in [2.45, 2.75) is 24.7 Å². The number of halogens is 3. The Kier molecular flexibility index (Phi) is 3.96. The van der Waals surface area contributed by atoms with Crippen LogP contribution in [0.15, 0.2) is 42.5 Å². The molecular formula is C17H15F3N2O2. The van der Waals surface area contributed by atoms with Crippen LogP contribution >= 0.6 is 0 Å². The van der Waals surface area contributed by atoms with Crippen LogP contribution in [0.25, 0.3) is 0 Å². The molecule has 1 heterocycles. The van der Waals surface area contributed by atoms with Gasteiger partial charge in [0.2, 0.25) is 5.91 Å². The first-order chi connectivity index (χ1) is 11.3. The predicted molar refractivity (Wildman–Crippen MR) is 81.4 cm³/mol. The van der Waals surface area contributed by atoms with Crippen molar-refractivity contribution < 1.29 is 23.1 Å². The Hall–Kier alpha value is -2.54. The summed E-state index contributed by atoms with van der Waals surface area (Å²) < 4.78 is 41.0. The lowest BCUT2D eigenvalue weighted by atomic mass is 9.86. The number of hydrogen-bond acceptors (Lipinski definition) is 3. The molecule has 1 unspecified atom stereocenters. The van der Waals surface area contributed by atoms with Crippen LogP contribution in [0.5, 0.6) is 5.75 Å². The predicted octanol–water partition coefficient (Wildman–Crippen LogP) is 2.98. The van der Waals surface area contributed by atoms with Crippen LogP contribution in [0.2, 0.25) is 0 Å². The summed E-state index contributed by atoms with van der Waals surface area (Å²) in [6.45, 7) is 0.228. The SMILES string of the molecule is NC(=O)c1ccc2c(c1)CNC2[C@@H](c1ccc(O)cc1)C(F)(F)F. The number of alkyl halides is 3. The largest absolute Gasteiger partial charge is 0.508 e. The first-order valence-electron chi connectivity index (χ1n) is 7.29. The fourth-order valence-electron chi connectivity index (χ4n) is 3.09. The highest BCUT2D eigenvalue weighted by molar-refractivity contribution is 5.93. The summed E-state index contributed by atoms with van der Waals surface area (Å²) in [7, 11) is 0. The molecule has 0 fully saturated rings. The lowest BCUT2D eigenvalue weighted by Gasteiger charge is -2.27. The summed E-state index contributed by atoms with van der Waals surface area (Å²) in [5.74, 6) is -2.48. The molecular weight excluding hydrogens is 321 g/mol. The second kappa shape index (κ2) is 5.83. The molecule has 2 aromatic rings. The number of nitrogens with one attached hydrogen (secondary N) is 1. The van der Waals surface area contributed by atoms with Crippen LogP contribution in [0.3, 0.4) is 0 Å². The number of nitrogens with two attached hydrogens (primary N) is 1. The van der Waals surface area contributed by atoms with Crippen molar-refractivity contribution in [1.82, 2.24) is 5.32 Å². The summed E-state index contributed by atoms with van der Waals surface area (Å²) >= 11 is 0. The van der Waals surface area contributed by atoms with Crippen LogP contribution in [-0.2, 0) is 6.54 Å². The van der Waals surface area contributed by atoms with Crippen molar-refractivity contribution in [3.8, 4) is 5.75 Å². The number of primary amides is 1. The number of rotatable bonds is 3. The Morgan fingerprint density at radius 2 is 1.88 bits per heavy atom. The lowest BCUT2D eigenvalue weighted by molar-refractivity contribution is -0.157. The van der Waals surface area contributed by atoms with Crippen LogP contribution < -0.4 is 11.1 Å². The highest BCUT2D eigenvalue weighted by Crippen LogP contribution is 2.46. The molecule has 2 atom stereocenters. The molecule has 4 N–H and O–H groups in total. The van der Waals surface area contributed by atoms with Gasteiger partial charge in [-0.1, -0.05) is 18.2 Å². The highest BCUT2D eigenvalue weighted by Gasteiger charge is 2.48. The second-order valence-electron chi connectivity index (χ2n) is 5.75. The Labute approximate surface area is 136 Å². The third-order valence-corrected chi connectivity index (χ3v) is 4.21. The third-order valence-electron chi connectivity index (χ3n) is 4.21. The van der Waals surface area contributed by atoms with Gasteiger partial charge in [0.15, 0.2) is 0 Å². The molecule has 0 saturated carbocycles. The molecule has 0 radical (unpaired) electrons. The fraction of sp³-hybridized carbons (Fsp3) is 0.235. The van der Waals surface area contributed by atoms with Crippen LogP contribution in [-0.4, -0.2) is 17.2 Å². The van der Waals surface area contributed by atoms with E-state index in [0.717, 1.165) is 0 Å². The van der Waals surface area contributed by atoms with Gasteiger partial charge < -0.3 is 16.2 Å². The number of aromatic hydroxyl groups is 1. The molecule has 3 rings (SSSR count). The molecule has 0 aliphatic carbocycles. The topological polar surface area (TPSA) is 75.4 Å². The van der Waals surface area contributed by atoms with Gasteiger partial charge in [-0.2, -0.15) is 13.2 Å². The number of phenolic OH excluding ortho intramolecular Hbond substituents is 1. The first kappa shape index (κ1) is 16.3. The molecule has 0 bridgehead atoms. The second-order valence-corrected chi connectivity index (χ2v) is 5.75. The van der Waals surface area contributed by atoms with Crippen molar-refractivity contribution in [3.63, 3.8) is 0 Å². The van der Waals surface area contributed by atoms with Gasteiger partial charge in [0.05, 0.1) is 5.92 Å². The van der Waals surface area contributed by atoms with Crippen LogP contribution in [0, 0.1) is 0 Å². The maximum atomic E-state index is 13.7. The summed E-state index contributed by atoms with van der Waals surface area (Å²) in [5, 5.41) is 12.2. The van der Waals surface area contributed by atoms with E-state index in [0.29, 0.717) is 11.1 Å². The van der Waals surface area contributed by atoms with Crippen molar-refractivity contribution in [2.24, 2.45) is 5.73 Å². The maximum Gasteiger partial charge on any atom is 0.397 e. The van der Waals surface area contributed by atoms with Gasteiger partial charge in [-0.25, -0.2) is 0 Å². The van der Waals surface area contributed by atoms with Crippen LogP contribution in [0.4, 0.5) is 13.2 Å². The molecule has 4 nitrogen and oxygen atoms in total. The zero-order valence-electron chi connectivity index (χ0n) is 12.5. The van der Waals surface area contributed by atoms with Gasteiger partial charge in [0.25, 0.3) is 0 Å². The first-order valence-corrected chi connectivity index (χ1v) is 7.29. The smallest absolute Gasteiger partial charge is 0.397 e. The van der Waals surface area contributed by atoms with Crippen molar-refractivity contribution in [1.29, 1.82) is 0 Å². The van der Waals surface area contributed by atoms with Crippen molar-refractivity contribution in [3.05, 3.63) is 64.7 Å². The maximum absolute atomic E-state index is 13.7. The number of carbonyl (C=O) groups excluding carboxylic acids is 1. The summed E-state index contributed by atoms with van der Waals surface area (Å²) in [6.07, 6.45) is -4.47. The van der Waals surface area contributed by atoms with Gasteiger partial charge in [-0.3, -0.25) is 4.79 Å². The van der Waals surface area contributed by atoms with Crippen molar-refractivity contribution >= 4 is 5.91 Å². The summed E-state index contributed by atoms with van der Waals surface area (Å²) in [5.41, 5.74) is 6.67. The molecule has 126 valence electrons. The third kappa shape index (κ3) is 2.94. The van der Waals surface area contributed by atoms with E-state index >= 15 is 0 Å². The zero-order chi connectivity index (χ0) is 17.5. The normalized spacial score (nSPS) is 18.2. The van der Waals surface area contributed by atoms with E-state index in [4.69, 9.17) is 5.73 Å². The number of phenols is 1. The quantitative estimate of drug-likeness (QED) is 0.807. The number of hydrogen-bond donors (Lipinski definition) is 3. The van der Waals surface area contributed by atoms with E-state index in [1.807, 2.05) is 0 Å². The van der Waals surface area contributed by atoms with E-state index in [2.05, 4.69) is 5.32 Å². The van der Waals surface area contributed by atoms with Gasteiger partial charge in [0.1, 0.15) is 5.75 Å². The van der Waals surface area contributed by atoms with Gasteiger partial charge in [-0.15, -0.1) is 0 Å². The minimum atomic E-state index is -4.47. The highest BCUT2D eigenvalue weighted by atomic mass is 19.4. The van der Waals surface area contributed by atoms with E-state index in [9.17, 15) is 23.1 Å². The molecule has 1 amide bonds. The minimum Gasteiger partial charge on any atom is -0.508 e. The van der Waals surface area contributed by atoms with Gasteiger partial charge >= 0.3 is 6.18 Å². The van der Waals surface area contributed by atoms with Crippen LogP contribution in [0.1, 0.15) is 39.0 Å². The molecule has 1 aliphatic heterocycles. The summed E-state index contributed by atoms with van der Waals surface area (Å²) in [6, 6.07) is 8.52. The Bertz CT molecular complexity index is 772. The molecule has 0 aromatic heterocycles. The Balaban J connectivity index is 2.03. The van der Waals surface area contributed by atoms with Gasteiger partial charge in [0, 0.05) is 18.2 Å². The average molecular weight is 336 g/mol. The molecule has 7 heteroatoms. The van der Waals surface area contributed by atoms with E-state index < -0.39 is 24.0 Å². The fourth-order valence-corrected chi connectivity index (χ4v) is 3.09. The van der Waals surface area contributed by atoms with E-state index in [-0.39, 0.29) is 23.4 Å². The number of carbonyl (C=O) groups is 1. The average Bonchev–Trinajstić information content (AvgIpc) is 2.91. The summed E-state index contributed by atoms with van der Waals surface area (Å²) in [4.78, 5) is 11.2. The molecule has 2 aromatic carbocycles. The number of fused-ring (bicyclic) bond motifs is 1. The minimum absolute atomic E-state index is 0.0598. The van der Waals surface area contributed by atoms with E-state index in [1.165, 1.54) is 42.5 Å². The van der Waals surface area contributed by atoms with E-state index in [1.54, 1.807) is 0 Å². The standard InChI is InChI=1S/C17H15F3N2O2/c18-17(19,20)14(9-1-4-12(23)5-2-9)15-13-6-3-10(16(21)24)7-11(13)8-22-15/h1-7,14-15,22-23H,8H2,(H2,21,24)/t14-,15?/m1/s1. The number of amides is 1. The monoisotopic (exact) mass is 336 g/mol.